The molecule has 0 unspecified atom stereocenters. The van der Waals surface area contributed by atoms with Gasteiger partial charge in [0.2, 0.25) is 0 Å². The van der Waals surface area contributed by atoms with Crippen molar-refractivity contribution >= 4 is 29.1 Å². The molecular formula is C29H25Cl2FN4O2. The van der Waals surface area contributed by atoms with Gasteiger partial charge in [0.05, 0.1) is 16.9 Å². The van der Waals surface area contributed by atoms with Crippen LogP contribution in [0.3, 0.4) is 0 Å². The molecule has 1 amide bonds. The predicted molar refractivity (Wildman–Crippen MR) is 147 cm³/mol. The first-order valence-electron chi connectivity index (χ1n) is 12.1. The van der Waals surface area contributed by atoms with Crippen LogP contribution in [0.25, 0.3) is 16.9 Å². The topological polar surface area (TPSA) is 68.1 Å². The highest BCUT2D eigenvalue weighted by molar-refractivity contribution is 6.31. The molecule has 1 aliphatic carbocycles. The number of carbonyl (C=O) groups is 1. The monoisotopic (exact) mass is 550 g/mol. The Morgan fingerprint density at radius 2 is 1.82 bits per heavy atom. The van der Waals surface area contributed by atoms with E-state index in [1.54, 1.807) is 44.6 Å². The average molecular weight is 551 g/mol. The third kappa shape index (κ3) is 4.61. The quantitative estimate of drug-likeness (QED) is 0.272. The third-order valence-electron chi connectivity index (χ3n) is 6.89. The second kappa shape index (κ2) is 9.97. The van der Waals surface area contributed by atoms with Crippen molar-refractivity contribution in [2.75, 3.05) is 14.1 Å². The van der Waals surface area contributed by atoms with Crippen LogP contribution < -0.4 is 5.56 Å². The molecule has 0 bridgehead atoms. The number of benzene rings is 1. The van der Waals surface area contributed by atoms with Gasteiger partial charge in [0, 0.05) is 43.2 Å². The zero-order chi connectivity index (χ0) is 27.3. The van der Waals surface area contributed by atoms with Crippen molar-refractivity contribution in [1.29, 1.82) is 0 Å². The van der Waals surface area contributed by atoms with Crippen molar-refractivity contribution in [2.24, 2.45) is 0 Å². The van der Waals surface area contributed by atoms with Crippen molar-refractivity contribution in [1.82, 2.24) is 19.4 Å². The number of hydrogen-bond donors (Lipinski definition) is 0. The van der Waals surface area contributed by atoms with E-state index in [1.165, 1.54) is 15.5 Å². The second-order valence-corrected chi connectivity index (χ2v) is 10.5. The number of aromatic nitrogens is 3. The Kier molecular flexibility index (Phi) is 6.84. The SMILES string of the molecule is Cc1cnc(-c2cccc(C(=O)N(C)C)c2F)cc1-n1c(C)cc([C@H]2C[C@@H]2c2cccc(Cl)n2)c(Cl)c1=O. The van der Waals surface area contributed by atoms with Gasteiger partial charge in [-0.2, -0.15) is 0 Å². The summed E-state index contributed by atoms with van der Waals surface area (Å²) in [6.45, 7) is 3.66. The summed E-state index contributed by atoms with van der Waals surface area (Å²) in [5, 5.41) is 0.579. The maximum Gasteiger partial charge on any atom is 0.274 e. The van der Waals surface area contributed by atoms with Crippen LogP contribution in [0.2, 0.25) is 10.2 Å². The lowest BCUT2D eigenvalue weighted by molar-refractivity contribution is 0.0823. The summed E-state index contributed by atoms with van der Waals surface area (Å²) in [5.74, 6) is -0.886. The molecule has 4 aromatic rings. The Morgan fingerprint density at radius 1 is 1.08 bits per heavy atom. The maximum absolute atomic E-state index is 15.4. The fraction of sp³-hybridized carbons (Fsp3) is 0.241. The summed E-state index contributed by atoms with van der Waals surface area (Å²) in [6, 6.07) is 13.7. The van der Waals surface area contributed by atoms with Crippen molar-refractivity contribution in [2.45, 2.75) is 32.1 Å². The first-order chi connectivity index (χ1) is 18.1. The Labute approximate surface area is 229 Å². The van der Waals surface area contributed by atoms with Crippen molar-refractivity contribution in [3.05, 3.63) is 109 Å². The molecule has 0 aliphatic heterocycles. The molecule has 3 heterocycles. The fourth-order valence-corrected chi connectivity index (χ4v) is 5.29. The van der Waals surface area contributed by atoms with E-state index in [1.807, 2.05) is 32.0 Å². The molecule has 1 fully saturated rings. The molecule has 2 atom stereocenters. The van der Waals surface area contributed by atoms with E-state index < -0.39 is 11.7 Å². The molecule has 0 radical (unpaired) electrons. The molecule has 1 aromatic carbocycles. The van der Waals surface area contributed by atoms with Crippen molar-refractivity contribution < 1.29 is 9.18 Å². The Hall–Kier alpha value is -3.55. The van der Waals surface area contributed by atoms with Gasteiger partial charge >= 0.3 is 0 Å². The Morgan fingerprint density at radius 3 is 2.53 bits per heavy atom. The highest BCUT2D eigenvalue weighted by Crippen LogP contribution is 2.55. The van der Waals surface area contributed by atoms with E-state index in [-0.39, 0.29) is 33.5 Å². The minimum absolute atomic E-state index is 0.0506. The Balaban J connectivity index is 1.55. The number of carbonyl (C=O) groups excluding carboxylic acids is 1. The molecule has 5 rings (SSSR count). The molecule has 1 saturated carbocycles. The fourth-order valence-electron chi connectivity index (χ4n) is 4.84. The number of hydrogen-bond acceptors (Lipinski definition) is 4. The van der Waals surface area contributed by atoms with Crippen LogP contribution in [0.15, 0.2) is 59.5 Å². The number of amides is 1. The molecule has 0 N–H and O–H groups in total. The van der Waals surface area contributed by atoms with Gasteiger partial charge in [-0.3, -0.25) is 19.1 Å². The molecule has 1 aliphatic rings. The zero-order valence-electron chi connectivity index (χ0n) is 21.3. The molecule has 38 heavy (non-hydrogen) atoms. The summed E-state index contributed by atoms with van der Waals surface area (Å²) < 4.78 is 16.9. The van der Waals surface area contributed by atoms with Gasteiger partial charge in [0.25, 0.3) is 11.5 Å². The number of nitrogens with zero attached hydrogens (tertiary/aromatic N) is 4. The van der Waals surface area contributed by atoms with Crippen LogP contribution >= 0.6 is 23.2 Å². The third-order valence-corrected chi connectivity index (χ3v) is 7.49. The van der Waals surface area contributed by atoms with E-state index in [9.17, 15) is 9.59 Å². The van der Waals surface area contributed by atoms with Gasteiger partial charge in [-0.05, 0) is 73.7 Å². The van der Waals surface area contributed by atoms with E-state index in [4.69, 9.17) is 23.2 Å². The van der Waals surface area contributed by atoms with Crippen LogP contribution in [0, 0.1) is 19.7 Å². The normalized spacial score (nSPS) is 16.4. The van der Waals surface area contributed by atoms with E-state index in [0.29, 0.717) is 22.2 Å². The number of pyridine rings is 3. The molecule has 6 nitrogen and oxygen atoms in total. The van der Waals surface area contributed by atoms with Gasteiger partial charge in [0.15, 0.2) is 0 Å². The highest BCUT2D eigenvalue weighted by Gasteiger charge is 2.42. The summed E-state index contributed by atoms with van der Waals surface area (Å²) in [5.41, 5.74) is 3.68. The molecule has 0 saturated heterocycles. The van der Waals surface area contributed by atoms with Gasteiger partial charge in [-0.15, -0.1) is 0 Å². The minimum Gasteiger partial charge on any atom is -0.345 e. The number of rotatable bonds is 5. The molecule has 9 heteroatoms. The summed E-state index contributed by atoms with van der Waals surface area (Å²) in [6.07, 6.45) is 2.41. The van der Waals surface area contributed by atoms with Crippen LogP contribution in [0.5, 0.6) is 0 Å². The van der Waals surface area contributed by atoms with Gasteiger partial charge in [0.1, 0.15) is 16.0 Å². The van der Waals surface area contributed by atoms with E-state index in [2.05, 4.69) is 9.97 Å². The van der Waals surface area contributed by atoms with Crippen LogP contribution in [-0.2, 0) is 0 Å². The Bertz CT molecular complexity index is 1650. The van der Waals surface area contributed by atoms with Crippen LogP contribution in [-0.4, -0.2) is 39.4 Å². The van der Waals surface area contributed by atoms with Crippen LogP contribution in [0.4, 0.5) is 4.39 Å². The predicted octanol–water partition coefficient (Wildman–Crippen LogP) is 6.33. The number of halogens is 3. The first kappa shape index (κ1) is 26.1. The average Bonchev–Trinajstić information content (AvgIpc) is 3.68. The summed E-state index contributed by atoms with van der Waals surface area (Å²) in [7, 11) is 3.13. The lowest BCUT2D eigenvalue weighted by Crippen LogP contribution is -2.23. The molecule has 194 valence electrons. The largest absolute Gasteiger partial charge is 0.345 e. The van der Waals surface area contributed by atoms with E-state index in [0.717, 1.165) is 23.2 Å². The van der Waals surface area contributed by atoms with Gasteiger partial charge in [-0.1, -0.05) is 35.3 Å². The van der Waals surface area contributed by atoms with Crippen LogP contribution in [0.1, 0.15) is 51.1 Å². The maximum atomic E-state index is 15.4. The second-order valence-electron chi connectivity index (χ2n) is 9.75. The molecule has 3 aromatic heterocycles. The van der Waals surface area contributed by atoms with Gasteiger partial charge in [-0.25, -0.2) is 9.37 Å². The van der Waals surface area contributed by atoms with Crippen molar-refractivity contribution in [3.63, 3.8) is 0 Å². The molecular weight excluding hydrogens is 526 g/mol. The lowest BCUT2D eigenvalue weighted by Gasteiger charge is -2.17. The molecule has 0 spiro atoms. The zero-order valence-corrected chi connectivity index (χ0v) is 22.8. The first-order valence-corrected chi connectivity index (χ1v) is 12.9. The summed E-state index contributed by atoms with van der Waals surface area (Å²) in [4.78, 5) is 36.1. The smallest absolute Gasteiger partial charge is 0.274 e. The summed E-state index contributed by atoms with van der Waals surface area (Å²) >= 11 is 12.7. The standard InChI is InChI=1S/C29H25Cl2FN4O2/c1-15-14-33-23(17-7-5-8-18(27(17)32)28(37)35(3)4)13-24(15)36-16(2)11-21(26(31)29(36)38)19-12-20(19)22-9-6-10-25(30)34-22/h5-11,13-14,19-20H,12H2,1-4H3/t19-,20-/m0/s1. The minimum atomic E-state index is -0.666. The van der Waals surface area contributed by atoms with Crippen molar-refractivity contribution in [3.8, 4) is 16.9 Å². The number of aryl methyl sites for hydroxylation is 2. The van der Waals surface area contributed by atoms with E-state index >= 15 is 4.39 Å². The highest BCUT2D eigenvalue weighted by atomic mass is 35.5. The van der Waals surface area contributed by atoms with Gasteiger partial charge < -0.3 is 4.90 Å². The lowest BCUT2D eigenvalue weighted by atomic mass is 10.0.